The Morgan fingerprint density at radius 3 is 2.88 bits per heavy atom. The summed E-state index contributed by atoms with van der Waals surface area (Å²) in [5, 5.41) is 20.4. The van der Waals surface area contributed by atoms with Gasteiger partial charge in [0.2, 0.25) is 0 Å². The van der Waals surface area contributed by atoms with E-state index in [4.69, 9.17) is 9.39 Å². The summed E-state index contributed by atoms with van der Waals surface area (Å²) < 4.78 is 11.8. The first-order valence-electron chi connectivity index (χ1n) is 7.94. The number of methoxy groups -OCH3 is 1. The number of carbonyl (C=O) groups is 1. The smallest absolute Gasteiger partial charge is 0.491 e. The fourth-order valence-corrected chi connectivity index (χ4v) is 2.72. The lowest BCUT2D eigenvalue weighted by atomic mass is 9.79. The number of aromatic nitrogens is 3. The van der Waals surface area contributed by atoms with E-state index in [0.29, 0.717) is 17.8 Å². The minimum atomic E-state index is -0.960. The number of amides is 1. The van der Waals surface area contributed by atoms with Crippen LogP contribution in [-0.2, 0) is 11.3 Å². The van der Waals surface area contributed by atoms with Gasteiger partial charge >= 0.3 is 7.12 Å². The van der Waals surface area contributed by atoms with Crippen molar-refractivity contribution in [2.45, 2.75) is 6.61 Å². The molecule has 0 unspecified atom stereocenters. The number of benzene rings is 2. The SMILES string of the molecule is COc1ccc(-n2cc(C(=O)Nc3ccc4c(c3)B(O)OC4)nn2)cc1. The van der Waals surface area contributed by atoms with Crippen LogP contribution < -0.4 is 15.5 Å². The van der Waals surface area contributed by atoms with Gasteiger partial charge in [-0.2, -0.15) is 0 Å². The Kier molecular flexibility index (Phi) is 4.15. The molecule has 0 spiro atoms. The van der Waals surface area contributed by atoms with Crippen molar-refractivity contribution in [1.29, 1.82) is 0 Å². The van der Waals surface area contributed by atoms with Crippen molar-refractivity contribution in [3.63, 3.8) is 0 Å². The quantitative estimate of drug-likeness (QED) is 0.674. The number of rotatable bonds is 4. The zero-order valence-corrected chi connectivity index (χ0v) is 13.9. The van der Waals surface area contributed by atoms with Gasteiger partial charge in [-0.15, -0.1) is 5.10 Å². The van der Waals surface area contributed by atoms with Crippen LogP contribution in [-0.4, -0.2) is 40.2 Å². The number of nitrogens with one attached hydrogen (secondary N) is 1. The second-order valence-electron chi connectivity index (χ2n) is 5.78. The number of anilines is 1. The summed E-state index contributed by atoms with van der Waals surface area (Å²) in [4.78, 5) is 12.4. The number of ether oxygens (including phenoxy) is 1. The first kappa shape index (κ1) is 16.3. The number of nitrogens with zero attached hydrogens (tertiary/aromatic N) is 3. The van der Waals surface area contributed by atoms with Gasteiger partial charge in [-0.05, 0) is 47.4 Å². The molecule has 8 nitrogen and oxygen atoms in total. The van der Waals surface area contributed by atoms with Crippen molar-refractivity contribution in [2.75, 3.05) is 12.4 Å². The van der Waals surface area contributed by atoms with Crippen molar-refractivity contribution in [2.24, 2.45) is 0 Å². The van der Waals surface area contributed by atoms with Gasteiger partial charge in [0.15, 0.2) is 5.69 Å². The van der Waals surface area contributed by atoms with Crippen LogP contribution in [0.2, 0.25) is 0 Å². The predicted octanol–water partition coefficient (Wildman–Crippen LogP) is 0.746. The van der Waals surface area contributed by atoms with E-state index in [1.54, 1.807) is 37.6 Å². The van der Waals surface area contributed by atoms with Gasteiger partial charge in [-0.3, -0.25) is 4.79 Å². The third-order valence-corrected chi connectivity index (χ3v) is 4.13. The van der Waals surface area contributed by atoms with Gasteiger partial charge in [0, 0.05) is 5.69 Å². The van der Waals surface area contributed by atoms with Crippen LogP contribution in [0.3, 0.4) is 0 Å². The third kappa shape index (κ3) is 3.05. The molecule has 2 N–H and O–H groups in total. The molecule has 0 bridgehead atoms. The molecule has 0 atom stereocenters. The summed E-state index contributed by atoms with van der Waals surface area (Å²) in [5.41, 5.74) is 3.05. The van der Waals surface area contributed by atoms with Crippen LogP contribution in [0.15, 0.2) is 48.7 Å². The molecule has 1 aliphatic rings. The Bertz CT molecular complexity index is 958. The lowest BCUT2D eigenvalue weighted by Crippen LogP contribution is -2.28. The summed E-state index contributed by atoms with van der Waals surface area (Å²) in [5.74, 6) is 0.340. The Labute approximate surface area is 149 Å². The first-order valence-corrected chi connectivity index (χ1v) is 7.94. The van der Waals surface area contributed by atoms with E-state index < -0.39 is 13.0 Å². The molecule has 0 saturated carbocycles. The van der Waals surface area contributed by atoms with Crippen molar-refractivity contribution in [3.05, 3.63) is 59.9 Å². The summed E-state index contributed by atoms with van der Waals surface area (Å²) in [7, 11) is 0.634. The molecule has 1 aliphatic heterocycles. The highest BCUT2D eigenvalue weighted by molar-refractivity contribution is 6.61. The Morgan fingerprint density at radius 1 is 1.31 bits per heavy atom. The maximum atomic E-state index is 12.4. The molecule has 1 aromatic heterocycles. The molecule has 2 aromatic carbocycles. The lowest BCUT2D eigenvalue weighted by Gasteiger charge is -2.05. The molecule has 0 fully saturated rings. The van der Waals surface area contributed by atoms with Gasteiger partial charge in [0.25, 0.3) is 5.91 Å². The average molecular weight is 350 g/mol. The van der Waals surface area contributed by atoms with Crippen LogP contribution in [0, 0.1) is 0 Å². The zero-order valence-electron chi connectivity index (χ0n) is 13.9. The highest BCUT2D eigenvalue weighted by atomic mass is 16.5. The molecule has 0 radical (unpaired) electrons. The minimum absolute atomic E-state index is 0.179. The maximum absolute atomic E-state index is 12.4. The minimum Gasteiger partial charge on any atom is -0.497 e. The molecule has 3 aromatic rings. The highest BCUT2D eigenvalue weighted by Crippen LogP contribution is 2.16. The molecule has 9 heteroatoms. The summed E-state index contributed by atoms with van der Waals surface area (Å²) in [6, 6.07) is 12.5. The molecule has 1 amide bonds. The summed E-state index contributed by atoms with van der Waals surface area (Å²) in [6.45, 7) is 0.362. The largest absolute Gasteiger partial charge is 0.497 e. The Balaban J connectivity index is 1.50. The van der Waals surface area contributed by atoms with Crippen molar-refractivity contribution < 1.29 is 19.2 Å². The third-order valence-electron chi connectivity index (χ3n) is 4.13. The molecule has 130 valence electrons. The molecule has 0 aliphatic carbocycles. The fourth-order valence-electron chi connectivity index (χ4n) is 2.72. The van der Waals surface area contributed by atoms with Gasteiger partial charge < -0.3 is 19.7 Å². The standard InChI is InChI=1S/C17H15BN4O4/c1-25-14-6-4-13(5-7-14)22-9-16(20-21-22)17(23)19-12-3-2-11-10-26-18(24)15(11)8-12/h2-9,24H,10H2,1H3,(H,19,23). The molecule has 4 rings (SSSR count). The van der Waals surface area contributed by atoms with Crippen LogP contribution in [0.1, 0.15) is 16.1 Å². The summed E-state index contributed by atoms with van der Waals surface area (Å²) in [6.07, 6.45) is 1.54. The number of carbonyl (C=O) groups excluding carboxylic acids is 1. The fraction of sp³-hybridized carbons (Fsp3) is 0.118. The monoisotopic (exact) mass is 350 g/mol. The number of fused-ring (bicyclic) bond motifs is 1. The molecule has 26 heavy (non-hydrogen) atoms. The molecule has 0 saturated heterocycles. The molecular weight excluding hydrogens is 335 g/mol. The predicted molar refractivity (Wildman–Crippen MR) is 94.7 cm³/mol. The van der Waals surface area contributed by atoms with E-state index in [-0.39, 0.29) is 5.69 Å². The average Bonchev–Trinajstić information content (AvgIpc) is 3.30. The van der Waals surface area contributed by atoms with E-state index in [1.165, 1.54) is 4.68 Å². The highest BCUT2D eigenvalue weighted by Gasteiger charge is 2.27. The maximum Gasteiger partial charge on any atom is 0.491 e. The zero-order chi connectivity index (χ0) is 18.1. The topological polar surface area (TPSA) is 98.5 Å². The second kappa shape index (κ2) is 6.62. The van der Waals surface area contributed by atoms with E-state index >= 15 is 0 Å². The van der Waals surface area contributed by atoms with Gasteiger partial charge in [0.1, 0.15) is 5.75 Å². The van der Waals surface area contributed by atoms with Gasteiger partial charge in [-0.1, -0.05) is 11.3 Å². The number of hydrogen-bond acceptors (Lipinski definition) is 6. The number of hydrogen-bond donors (Lipinski definition) is 2. The lowest BCUT2D eigenvalue weighted by molar-refractivity contribution is 0.102. The van der Waals surface area contributed by atoms with E-state index in [0.717, 1.165) is 17.0 Å². The van der Waals surface area contributed by atoms with E-state index in [1.807, 2.05) is 18.2 Å². The Hall–Kier alpha value is -3.17. The normalized spacial score (nSPS) is 12.8. The van der Waals surface area contributed by atoms with Gasteiger partial charge in [-0.25, -0.2) is 4.68 Å². The second-order valence-corrected chi connectivity index (χ2v) is 5.78. The van der Waals surface area contributed by atoms with E-state index in [2.05, 4.69) is 15.6 Å². The van der Waals surface area contributed by atoms with Crippen molar-refractivity contribution >= 4 is 24.2 Å². The molecule has 2 heterocycles. The van der Waals surface area contributed by atoms with Crippen LogP contribution in [0.25, 0.3) is 5.69 Å². The molecular formula is C17H15BN4O4. The first-order chi connectivity index (χ1) is 12.6. The van der Waals surface area contributed by atoms with Gasteiger partial charge in [0.05, 0.1) is 25.6 Å². The van der Waals surface area contributed by atoms with Crippen LogP contribution in [0.5, 0.6) is 5.75 Å². The van der Waals surface area contributed by atoms with Crippen molar-refractivity contribution in [3.8, 4) is 11.4 Å². The van der Waals surface area contributed by atoms with Crippen LogP contribution >= 0.6 is 0 Å². The Morgan fingerprint density at radius 2 is 2.12 bits per heavy atom. The van der Waals surface area contributed by atoms with Crippen LogP contribution in [0.4, 0.5) is 5.69 Å². The van der Waals surface area contributed by atoms with Crippen molar-refractivity contribution in [1.82, 2.24) is 15.0 Å². The van der Waals surface area contributed by atoms with E-state index in [9.17, 15) is 9.82 Å². The summed E-state index contributed by atoms with van der Waals surface area (Å²) >= 11 is 0.